The van der Waals surface area contributed by atoms with Crippen molar-refractivity contribution in [2.24, 2.45) is 4.99 Å². The van der Waals surface area contributed by atoms with Crippen molar-refractivity contribution in [2.75, 3.05) is 26.8 Å². The van der Waals surface area contributed by atoms with Crippen LogP contribution in [0.4, 0.5) is 0 Å². The van der Waals surface area contributed by atoms with Gasteiger partial charge in [-0.25, -0.2) is 9.79 Å². The van der Waals surface area contributed by atoms with Crippen LogP contribution in [0.15, 0.2) is 51.6 Å². The molecule has 0 unspecified atom stereocenters. The third-order valence-electron chi connectivity index (χ3n) is 5.95. The summed E-state index contributed by atoms with van der Waals surface area (Å²) < 4.78 is 10.8. The number of piperidine rings is 1. The first-order valence-electron chi connectivity index (χ1n) is 11.1. The van der Waals surface area contributed by atoms with Crippen molar-refractivity contribution >= 4 is 28.8 Å². The summed E-state index contributed by atoms with van der Waals surface area (Å²) in [5, 5.41) is 2.75. The topological polar surface area (TPSA) is 71.4 Å². The van der Waals surface area contributed by atoms with E-state index in [-0.39, 0.29) is 24.9 Å². The Morgan fingerprint density at radius 2 is 2.00 bits per heavy atom. The molecule has 0 bridgehead atoms. The lowest BCUT2D eigenvalue weighted by atomic mass is 9.93. The van der Waals surface area contributed by atoms with Gasteiger partial charge < -0.3 is 19.3 Å². The highest BCUT2D eigenvalue weighted by Gasteiger charge is 2.41. The molecule has 0 N–H and O–H groups in total. The zero-order valence-electron chi connectivity index (χ0n) is 18.8. The second kappa shape index (κ2) is 9.81. The van der Waals surface area contributed by atoms with E-state index in [1.807, 2.05) is 46.4 Å². The molecule has 3 aliphatic heterocycles. The molecule has 1 fully saturated rings. The molecule has 3 aliphatic rings. The first-order valence-corrected chi connectivity index (χ1v) is 11.9. The van der Waals surface area contributed by atoms with Crippen LogP contribution >= 0.6 is 11.8 Å². The Hall–Kier alpha value is -2.74. The maximum Gasteiger partial charge on any atom is 0.338 e. The number of benzene rings is 1. The maximum absolute atomic E-state index is 13.0. The highest BCUT2D eigenvalue weighted by Crippen LogP contribution is 2.45. The molecule has 7 nitrogen and oxygen atoms in total. The summed E-state index contributed by atoms with van der Waals surface area (Å²) in [5.41, 5.74) is 2.86. The molecular weight excluding hydrogens is 426 g/mol. The number of allylic oxidation sites excluding steroid dienone is 1. The number of hydrogen-bond acceptors (Lipinski definition) is 7. The summed E-state index contributed by atoms with van der Waals surface area (Å²) in [5.74, 6) is 0.430. The van der Waals surface area contributed by atoms with Gasteiger partial charge in [0, 0.05) is 18.8 Å². The molecule has 170 valence electrons. The summed E-state index contributed by atoms with van der Waals surface area (Å²) in [4.78, 5) is 34.7. The number of thioether (sulfide) groups is 1. The molecule has 4 rings (SSSR count). The minimum Gasteiger partial charge on any atom is -0.497 e. The fourth-order valence-electron chi connectivity index (χ4n) is 4.38. The van der Waals surface area contributed by atoms with Gasteiger partial charge in [-0.1, -0.05) is 23.9 Å². The van der Waals surface area contributed by atoms with E-state index in [0.29, 0.717) is 17.0 Å². The fourth-order valence-corrected chi connectivity index (χ4v) is 5.34. The molecule has 0 saturated carbocycles. The van der Waals surface area contributed by atoms with Crippen molar-refractivity contribution in [2.45, 2.75) is 45.6 Å². The average Bonchev–Trinajstić information content (AvgIpc) is 3.20. The van der Waals surface area contributed by atoms with Crippen LogP contribution in [0.2, 0.25) is 0 Å². The zero-order valence-corrected chi connectivity index (χ0v) is 19.6. The summed E-state index contributed by atoms with van der Waals surface area (Å²) >= 11 is 1.49. The molecule has 1 aromatic carbocycles. The number of methoxy groups -OCH3 is 1. The Kier molecular flexibility index (Phi) is 6.89. The smallest absolute Gasteiger partial charge is 0.338 e. The van der Waals surface area contributed by atoms with E-state index in [1.54, 1.807) is 14.0 Å². The zero-order chi connectivity index (χ0) is 22.7. The molecule has 32 heavy (non-hydrogen) atoms. The maximum atomic E-state index is 13.0. The lowest BCUT2D eigenvalue weighted by molar-refractivity contribution is -0.139. The SMILES string of the molecule is CCOC(=O)C1=C(C)N=C2SC=C(CC(=O)N3CCCCC3)N2[C@H]1c1cccc(OC)c1. The molecule has 1 saturated heterocycles. The molecule has 1 amide bonds. The van der Waals surface area contributed by atoms with E-state index in [2.05, 4.69) is 0 Å². The van der Waals surface area contributed by atoms with E-state index in [9.17, 15) is 9.59 Å². The Bertz CT molecular complexity index is 995. The predicted molar refractivity (Wildman–Crippen MR) is 125 cm³/mol. The Labute approximate surface area is 193 Å². The summed E-state index contributed by atoms with van der Waals surface area (Å²) in [6.45, 7) is 5.53. The van der Waals surface area contributed by atoms with E-state index >= 15 is 0 Å². The number of rotatable bonds is 6. The minimum atomic E-state index is -0.438. The first-order chi connectivity index (χ1) is 15.5. The van der Waals surface area contributed by atoms with Gasteiger partial charge >= 0.3 is 5.97 Å². The van der Waals surface area contributed by atoms with E-state index in [4.69, 9.17) is 14.5 Å². The van der Waals surface area contributed by atoms with Crippen LogP contribution < -0.4 is 4.74 Å². The van der Waals surface area contributed by atoms with E-state index in [1.165, 1.54) is 18.2 Å². The van der Waals surface area contributed by atoms with E-state index in [0.717, 1.165) is 42.4 Å². The van der Waals surface area contributed by atoms with Gasteiger partial charge in [0.1, 0.15) is 5.75 Å². The van der Waals surface area contributed by atoms with Crippen LogP contribution in [-0.2, 0) is 14.3 Å². The Morgan fingerprint density at radius 1 is 1.22 bits per heavy atom. The lowest BCUT2D eigenvalue weighted by Gasteiger charge is -2.37. The molecule has 0 radical (unpaired) electrons. The number of aliphatic imine (C=N–C) groups is 1. The number of amidine groups is 1. The number of nitrogens with zero attached hydrogens (tertiary/aromatic N) is 3. The van der Waals surface area contributed by atoms with Gasteiger partial charge in [-0.05, 0) is 56.2 Å². The number of carbonyl (C=O) groups excluding carboxylic acids is 2. The minimum absolute atomic E-state index is 0.117. The van der Waals surface area contributed by atoms with Gasteiger partial charge in [-0.3, -0.25) is 4.79 Å². The summed E-state index contributed by atoms with van der Waals surface area (Å²) in [6.07, 6.45) is 3.56. The van der Waals surface area contributed by atoms with Gasteiger partial charge in [0.25, 0.3) is 0 Å². The normalized spacial score (nSPS) is 20.5. The van der Waals surface area contributed by atoms with Crippen molar-refractivity contribution in [3.8, 4) is 5.75 Å². The number of ether oxygens (including phenoxy) is 2. The molecule has 3 heterocycles. The molecule has 0 aromatic heterocycles. The van der Waals surface area contributed by atoms with Gasteiger partial charge in [0.15, 0.2) is 5.17 Å². The molecule has 8 heteroatoms. The number of amides is 1. The largest absolute Gasteiger partial charge is 0.497 e. The summed E-state index contributed by atoms with van der Waals surface area (Å²) in [7, 11) is 1.62. The van der Waals surface area contributed by atoms with E-state index < -0.39 is 6.04 Å². The first kappa shape index (κ1) is 22.5. The van der Waals surface area contributed by atoms with Crippen LogP contribution in [-0.4, -0.2) is 53.7 Å². The second-order valence-electron chi connectivity index (χ2n) is 8.01. The van der Waals surface area contributed by atoms with Crippen molar-refractivity contribution in [3.63, 3.8) is 0 Å². The third kappa shape index (κ3) is 4.41. The molecular formula is C24H29N3O4S. The lowest BCUT2D eigenvalue weighted by Crippen LogP contribution is -2.40. The van der Waals surface area contributed by atoms with Crippen LogP contribution in [0, 0.1) is 0 Å². The Balaban J connectivity index is 1.70. The van der Waals surface area contributed by atoms with Gasteiger partial charge in [-0.15, -0.1) is 0 Å². The van der Waals surface area contributed by atoms with Gasteiger partial charge in [0.05, 0.1) is 37.4 Å². The van der Waals surface area contributed by atoms with Gasteiger partial charge in [-0.2, -0.15) is 0 Å². The monoisotopic (exact) mass is 455 g/mol. The predicted octanol–water partition coefficient (Wildman–Crippen LogP) is 4.24. The van der Waals surface area contributed by atoms with Crippen molar-refractivity contribution < 1.29 is 19.1 Å². The average molecular weight is 456 g/mol. The van der Waals surface area contributed by atoms with Crippen LogP contribution in [0.3, 0.4) is 0 Å². The summed E-state index contributed by atoms with van der Waals surface area (Å²) in [6, 6.07) is 7.23. The quantitative estimate of drug-likeness (QED) is 0.598. The van der Waals surface area contributed by atoms with Crippen molar-refractivity contribution in [1.29, 1.82) is 0 Å². The van der Waals surface area contributed by atoms with Crippen LogP contribution in [0.25, 0.3) is 0 Å². The fraction of sp³-hybridized carbons (Fsp3) is 0.458. The number of likely N-dealkylation sites (tertiary alicyclic amines) is 1. The standard InChI is InChI=1S/C24H29N3O4S/c1-4-31-23(29)21-16(2)25-24-27(22(21)17-9-8-10-19(13-17)30-3)18(15-32-24)14-20(28)26-11-6-5-7-12-26/h8-10,13,15,22H,4-7,11-12,14H2,1-3H3/t22-/m0/s1. The number of fused-ring (bicyclic) bond motifs is 1. The van der Waals surface area contributed by atoms with Crippen LogP contribution in [0.5, 0.6) is 5.75 Å². The highest BCUT2D eigenvalue weighted by molar-refractivity contribution is 8.16. The highest BCUT2D eigenvalue weighted by atomic mass is 32.2. The molecule has 0 spiro atoms. The number of esters is 1. The van der Waals surface area contributed by atoms with Crippen LogP contribution in [0.1, 0.15) is 51.1 Å². The Morgan fingerprint density at radius 3 is 2.72 bits per heavy atom. The molecule has 0 aliphatic carbocycles. The second-order valence-corrected chi connectivity index (χ2v) is 8.84. The number of carbonyl (C=O) groups is 2. The number of hydrogen-bond donors (Lipinski definition) is 0. The van der Waals surface area contributed by atoms with Gasteiger partial charge in [0.2, 0.25) is 5.91 Å². The molecule has 1 aromatic rings. The van der Waals surface area contributed by atoms with Crippen molar-refractivity contribution in [3.05, 3.63) is 52.2 Å². The third-order valence-corrected chi connectivity index (χ3v) is 6.84. The molecule has 1 atom stereocenters. The van der Waals surface area contributed by atoms with Crippen molar-refractivity contribution in [1.82, 2.24) is 9.80 Å².